The van der Waals surface area contributed by atoms with Crippen LogP contribution in [-0.4, -0.2) is 37.0 Å². The van der Waals surface area contributed by atoms with E-state index in [1.807, 2.05) is 24.0 Å². The standard InChI is InChI=1S/C29H30F3N3O2/c1-19(20-3-5-21(6-4-20)25-12-11-24(31)17-26(25)32)35-16-14-29(18-27(35)36,13-15-34-28(37)33-2)22-7-9-23(30)10-8-22/h3-12,17,19H,13-16,18H2,1-2H3,(H2,33,34,37)/t19-,29?/m0/s1. The molecule has 1 fully saturated rings. The second kappa shape index (κ2) is 11.1. The summed E-state index contributed by atoms with van der Waals surface area (Å²) in [6, 6.07) is 16.4. The van der Waals surface area contributed by atoms with Crippen molar-refractivity contribution in [1.82, 2.24) is 15.5 Å². The Kier molecular flexibility index (Phi) is 7.86. The SMILES string of the molecule is CNC(=O)NCCC1(c2ccc(F)cc2)CCN([C@@H](C)c2ccc(-c3ccc(F)cc3F)cc2)C(=O)C1. The first-order valence-corrected chi connectivity index (χ1v) is 12.3. The topological polar surface area (TPSA) is 61.4 Å². The third-order valence-corrected chi connectivity index (χ3v) is 7.32. The van der Waals surface area contributed by atoms with Gasteiger partial charge in [0.2, 0.25) is 5.91 Å². The minimum Gasteiger partial charge on any atom is -0.341 e. The van der Waals surface area contributed by atoms with Gasteiger partial charge in [-0.1, -0.05) is 36.4 Å². The second-order valence-corrected chi connectivity index (χ2v) is 9.48. The summed E-state index contributed by atoms with van der Waals surface area (Å²) < 4.78 is 41.1. The fourth-order valence-corrected chi connectivity index (χ4v) is 5.10. The number of benzene rings is 3. The summed E-state index contributed by atoms with van der Waals surface area (Å²) in [5, 5.41) is 5.31. The van der Waals surface area contributed by atoms with Gasteiger partial charge < -0.3 is 15.5 Å². The number of hydrogen-bond acceptors (Lipinski definition) is 2. The largest absolute Gasteiger partial charge is 0.341 e. The maximum Gasteiger partial charge on any atom is 0.314 e. The van der Waals surface area contributed by atoms with Crippen LogP contribution in [0.4, 0.5) is 18.0 Å². The van der Waals surface area contributed by atoms with Crippen molar-refractivity contribution in [1.29, 1.82) is 0 Å². The number of halogens is 3. The third-order valence-electron chi connectivity index (χ3n) is 7.32. The van der Waals surface area contributed by atoms with Crippen LogP contribution in [0.15, 0.2) is 66.7 Å². The number of nitrogens with zero attached hydrogens (tertiary/aromatic N) is 1. The smallest absolute Gasteiger partial charge is 0.314 e. The molecule has 1 aliphatic rings. The van der Waals surface area contributed by atoms with Gasteiger partial charge in [-0.15, -0.1) is 0 Å². The Labute approximate surface area is 214 Å². The molecule has 0 spiro atoms. The van der Waals surface area contributed by atoms with Crippen molar-refractivity contribution in [2.45, 2.75) is 37.6 Å². The molecular formula is C29H30F3N3O2. The van der Waals surface area contributed by atoms with Crippen LogP contribution in [0.2, 0.25) is 0 Å². The minimum absolute atomic E-state index is 0.0309. The van der Waals surface area contributed by atoms with E-state index in [0.29, 0.717) is 37.1 Å². The van der Waals surface area contributed by atoms with Crippen molar-refractivity contribution >= 4 is 11.9 Å². The Morgan fingerprint density at radius 2 is 1.68 bits per heavy atom. The Balaban J connectivity index is 1.51. The zero-order valence-corrected chi connectivity index (χ0v) is 20.9. The lowest BCUT2D eigenvalue weighted by Crippen LogP contribution is -2.48. The molecular weight excluding hydrogens is 479 g/mol. The lowest BCUT2D eigenvalue weighted by atomic mass is 9.70. The normalized spacial score (nSPS) is 18.4. The van der Waals surface area contributed by atoms with E-state index in [1.54, 1.807) is 24.3 Å². The van der Waals surface area contributed by atoms with Gasteiger partial charge in [0.1, 0.15) is 17.5 Å². The Bertz CT molecular complexity index is 1260. The number of hydrogen-bond donors (Lipinski definition) is 2. The summed E-state index contributed by atoms with van der Waals surface area (Å²) in [7, 11) is 1.54. The molecule has 1 heterocycles. The van der Waals surface area contributed by atoms with Gasteiger partial charge in [0, 0.05) is 43.6 Å². The Hall–Kier alpha value is -3.81. The molecule has 0 aliphatic carbocycles. The highest BCUT2D eigenvalue weighted by molar-refractivity contribution is 5.79. The van der Waals surface area contributed by atoms with Gasteiger partial charge in [0.25, 0.3) is 0 Å². The van der Waals surface area contributed by atoms with Crippen molar-refractivity contribution in [3.63, 3.8) is 0 Å². The van der Waals surface area contributed by atoms with Crippen LogP contribution in [0.5, 0.6) is 0 Å². The first kappa shape index (κ1) is 26.3. The van der Waals surface area contributed by atoms with Crippen LogP contribution >= 0.6 is 0 Å². The maximum absolute atomic E-state index is 14.2. The summed E-state index contributed by atoms with van der Waals surface area (Å²) >= 11 is 0. The predicted molar refractivity (Wildman–Crippen MR) is 136 cm³/mol. The molecule has 3 amide bonds. The summed E-state index contributed by atoms with van der Waals surface area (Å²) in [6.07, 6.45) is 1.43. The lowest BCUT2D eigenvalue weighted by Gasteiger charge is -2.44. The highest BCUT2D eigenvalue weighted by atomic mass is 19.1. The number of carbonyl (C=O) groups is 2. The number of piperidine rings is 1. The van der Waals surface area contributed by atoms with E-state index in [0.717, 1.165) is 17.2 Å². The van der Waals surface area contributed by atoms with E-state index < -0.39 is 17.0 Å². The Morgan fingerprint density at radius 1 is 1.00 bits per heavy atom. The van der Waals surface area contributed by atoms with E-state index in [-0.39, 0.29) is 30.2 Å². The van der Waals surface area contributed by atoms with Crippen molar-refractivity contribution in [2.24, 2.45) is 0 Å². The lowest BCUT2D eigenvalue weighted by molar-refractivity contribution is -0.138. The quantitative estimate of drug-likeness (QED) is 0.429. The first-order chi connectivity index (χ1) is 17.7. The van der Waals surface area contributed by atoms with Gasteiger partial charge in [0.05, 0.1) is 6.04 Å². The van der Waals surface area contributed by atoms with Crippen molar-refractivity contribution in [3.8, 4) is 11.1 Å². The molecule has 5 nitrogen and oxygen atoms in total. The van der Waals surface area contributed by atoms with E-state index in [4.69, 9.17) is 0 Å². The summed E-state index contributed by atoms with van der Waals surface area (Å²) in [4.78, 5) is 26.9. The van der Waals surface area contributed by atoms with Crippen molar-refractivity contribution in [3.05, 3.63) is 95.3 Å². The van der Waals surface area contributed by atoms with Crippen molar-refractivity contribution < 1.29 is 22.8 Å². The van der Waals surface area contributed by atoms with Gasteiger partial charge >= 0.3 is 6.03 Å². The minimum atomic E-state index is -0.630. The molecule has 0 bridgehead atoms. The van der Waals surface area contributed by atoms with Crippen LogP contribution in [0.25, 0.3) is 11.1 Å². The highest BCUT2D eigenvalue weighted by Crippen LogP contribution is 2.41. The molecule has 1 unspecified atom stereocenters. The van der Waals surface area contributed by atoms with E-state index >= 15 is 0 Å². The van der Waals surface area contributed by atoms with E-state index in [1.165, 1.54) is 31.3 Å². The number of amides is 3. The fraction of sp³-hybridized carbons (Fsp3) is 0.310. The van der Waals surface area contributed by atoms with Crippen LogP contribution in [0.3, 0.4) is 0 Å². The molecule has 2 N–H and O–H groups in total. The van der Waals surface area contributed by atoms with Gasteiger partial charge in [-0.2, -0.15) is 0 Å². The molecule has 3 aromatic carbocycles. The van der Waals surface area contributed by atoms with Crippen LogP contribution < -0.4 is 10.6 Å². The monoisotopic (exact) mass is 509 g/mol. The third kappa shape index (κ3) is 5.79. The van der Waals surface area contributed by atoms with Gasteiger partial charge in [-0.3, -0.25) is 4.79 Å². The van der Waals surface area contributed by atoms with Crippen molar-refractivity contribution in [2.75, 3.05) is 20.1 Å². The van der Waals surface area contributed by atoms with E-state index in [9.17, 15) is 22.8 Å². The van der Waals surface area contributed by atoms with Gasteiger partial charge in [-0.25, -0.2) is 18.0 Å². The number of rotatable bonds is 7. The van der Waals surface area contributed by atoms with Gasteiger partial charge in [-0.05, 0) is 60.7 Å². The summed E-state index contributed by atoms with van der Waals surface area (Å²) in [5.74, 6) is -1.63. The second-order valence-electron chi connectivity index (χ2n) is 9.48. The Morgan fingerprint density at radius 3 is 2.30 bits per heavy atom. The number of nitrogens with one attached hydrogen (secondary N) is 2. The van der Waals surface area contributed by atoms with Crippen LogP contribution in [0, 0.1) is 17.5 Å². The molecule has 8 heteroatoms. The average molecular weight is 510 g/mol. The maximum atomic E-state index is 14.2. The van der Waals surface area contributed by atoms with Gasteiger partial charge in [0.15, 0.2) is 0 Å². The average Bonchev–Trinajstić information content (AvgIpc) is 2.89. The molecule has 4 rings (SSSR count). The highest BCUT2D eigenvalue weighted by Gasteiger charge is 2.41. The molecule has 3 aromatic rings. The molecule has 0 radical (unpaired) electrons. The molecule has 2 atom stereocenters. The fourth-order valence-electron chi connectivity index (χ4n) is 5.10. The first-order valence-electron chi connectivity index (χ1n) is 12.3. The number of carbonyl (C=O) groups excluding carboxylic acids is 2. The molecule has 37 heavy (non-hydrogen) atoms. The zero-order valence-electron chi connectivity index (χ0n) is 20.9. The van der Waals surface area contributed by atoms with Crippen LogP contribution in [-0.2, 0) is 10.2 Å². The van der Waals surface area contributed by atoms with E-state index in [2.05, 4.69) is 10.6 Å². The molecule has 0 aromatic heterocycles. The van der Waals surface area contributed by atoms with Crippen LogP contribution in [0.1, 0.15) is 43.4 Å². The molecule has 0 saturated carbocycles. The predicted octanol–water partition coefficient (Wildman–Crippen LogP) is 5.71. The number of likely N-dealkylation sites (tertiary alicyclic amines) is 1. The molecule has 1 saturated heterocycles. The molecule has 1 aliphatic heterocycles. The number of urea groups is 1. The molecule has 194 valence electrons. The summed E-state index contributed by atoms with van der Waals surface area (Å²) in [5.41, 5.74) is 2.18. The zero-order chi connectivity index (χ0) is 26.6. The summed E-state index contributed by atoms with van der Waals surface area (Å²) in [6.45, 7) is 2.82.